The molecule has 0 spiro atoms. The van der Waals surface area contributed by atoms with Crippen molar-refractivity contribution in [2.24, 2.45) is 5.73 Å². The number of nitrogens with two attached hydrogens (primary N) is 1. The first-order valence-electron chi connectivity index (χ1n) is 8.03. The number of aryl methyl sites for hydroxylation is 1. The van der Waals surface area contributed by atoms with Gasteiger partial charge in [0.15, 0.2) is 0 Å². The van der Waals surface area contributed by atoms with Crippen molar-refractivity contribution in [3.8, 4) is 5.75 Å². The summed E-state index contributed by atoms with van der Waals surface area (Å²) in [4.78, 5) is 25.8. The first-order chi connectivity index (χ1) is 12.1. The Kier molecular flexibility index (Phi) is 5.44. The van der Waals surface area contributed by atoms with Gasteiger partial charge in [0.25, 0.3) is 11.6 Å². The summed E-state index contributed by atoms with van der Waals surface area (Å²) < 4.78 is 5.99. The Labute approximate surface area is 151 Å². The first kappa shape index (κ1) is 19.2. The van der Waals surface area contributed by atoms with Crippen LogP contribution in [-0.2, 0) is 6.54 Å². The van der Waals surface area contributed by atoms with Gasteiger partial charge in [-0.15, -0.1) is 0 Å². The summed E-state index contributed by atoms with van der Waals surface area (Å²) in [6, 6.07) is 6.91. The number of aromatic nitrogens is 1. The molecule has 0 aliphatic heterocycles. The van der Waals surface area contributed by atoms with E-state index in [1.54, 1.807) is 0 Å². The quantitative estimate of drug-likeness (QED) is 0.604. The molecule has 138 valence electrons. The lowest BCUT2D eigenvalue weighted by Crippen LogP contribution is -2.24. The van der Waals surface area contributed by atoms with Crippen LogP contribution in [0.15, 0.2) is 30.5 Å². The fourth-order valence-corrected chi connectivity index (χ4v) is 2.29. The van der Waals surface area contributed by atoms with E-state index in [9.17, 15) is 14.9 Å². The van der Waals surface area contributed by atoms with E-state index in [4.69, 9.17) is 10.5 Å². The number of carbonyl (C=O) groups is 1. The van der Waals surface area contributed by atoms with E-state index < -0.39 is 10.8 Å². The highest BCUT2D eigenvalue weighted by molar-refractivity contribution is 5.98. The van der Waals surface area contributed by atoms with Crippen LogP contribution in [-0.4, -0.2) is 21.4 Å². The maximum Gasteiger partial charge on any atom is 0.288 e. The smallest absolute Gasteiger partial charge is 0.288 e. The fourth-order valence-electron chi connectivity index (χ4n) is 2.29. The summed E-state index contributed by atoms with van der Waals surface area (Å²) >= 11 is 0. The lowest BCUT2D eigenvalue weighted by atomic mass is 10.1. The maximum absolute atomic E-state index is 11.6. The van der Waals surface area contributed by atoms with Gasteiger partial charge in [0, 0.05) is 18.2 Å². The molecule has 0 bridgehead atoms. The number of nitro groups is 1. The minimum Gasteiger partial charge on any atom is -0.488 e. The molecule has 0 fully saturated rings. The third-order valence-corrected chi connectivity index (χ3v) is 3.43. The molecule has 0 radical (unpaired) electrons. The zero-order valence-electron chi connectivity index (χ0n) is 15.2. The van der Waals surface area contributed by atoms with E-state index in [-0.39, 0.29) is 22.7 Å². The third kappa shape index (κ3) is 4.92. The molecular weight excluding hydrogens is 336 g/mol. The number of nitrogens with one attached hydrogen (secondary N) is 1. The van der Waals surface area contributed by atoms with Crippen molar-refractivity contribution in [3.63, 3.8) is 0 Å². The summed E-state index contributed by atoms with van der Waals surface area (Å²) in [6.07, 6.45) is 1.08. The molecule has 26 heavy (non-hydrogen) atoms. The molecule has 3 N–H and O–H groups in total. The van der Waals surface area contributed by atoms with Gasteiger partial charge in [0.05, 0.1) is 10.5 Å². The Morgan fingerprint density at radius 3 is 2.62 bits per heavy atom. The molecule has 2 rings (SSSR count). The van der Waals surface area contributed by atoms with E-state index in [1.165, 1.54) is 0 Å². The molecular formula is C18H22N4O4. The third-order valence-electron chi connectivity index (χ3n) is 3.43. The minimum absolute atomic E-state index is 0.0374. The molecule has 8 heteroatoms. The van der Waals surface area contributed by atoms with Crippen LogP contribution < -0.4 is 15.8 Å². The van der Waals surface area contributed by atoms with Crippen molar-refractivity contribution < 1.29 is 14.5 Å². The number of anilines is 1. The minimum atomic E-state index is -0.793. The summed E-state index contributed by atoms with van der Waals surface area (Å²) in [6.45, 7) is 8.15. The summed E-state index contributed by atoms with van der Waals surface area (Å²) in [5.74, 6) is 0.108. The summed E-state index contributed by atoms with van der Waals surface area (Å²) in [5.41, 5.74) is 6.54. The zero-order chi connectivity index (χ0) is 19.5. The van der Waals surface area contributed by atoms with Crippen molar-refractivity contribution in [1.29, 1.82) is 0 Å². The van der Waals surface area contributed by atoms with E-state index in [1.807, 2.05) is 45.9 Å². The zero-order valence-corrected chi connectivity index (χ0v) is 15.2. The number of primary amides is 1. The van der Waals surface area contributed by atoms with Crippen molar-refractivity contribution in [2.75, 3.05) is 5.32 Å². The molecule has 2 aromatic rings. The second-order valence-corrected chi connectivity index (χ2v) is 6.89. The van der Waals surface area contributed by atoms with Gasteiger partial charge in [-0.1, -0.05) is 12.1 Å². The molecule has 1 aromatic heterocycles. The number of rotatable bonds is 6. The highest BCUT2D eigenvalue weighted by Gasteiger charge is 2.18. The molecule has 0 saturated heterocycles. The monoisotopic (exact) mass is 358 g/mol. The Morgan fingerprint density at radius 2 is 2.04 bits per heavy atom. The molecule has 0 aliphatic rings. The molecule has 1 heterocycles. The Hall–Kier alpha value is -3.16. The van der Waals surface area contributed by atoms with Crippen LogP contribution >= 0.6 is 0 Å². The van der Waals surface area contributed by atoms with E-state index in [0.717, 1.165) is 23.4 Å². The number of benzene rings is 1. The number of ether oxygens (including phenoxy) is 1. The summed E-state index contributed by atoms with van der Waals surface area (Å²) in [5, 5.41) is 13.9. The van der Waals surface area contributed by atoms with Crippen molar-refractivity contribution in [2.45, 2.75) is 39.8 Å². The highest BCUT2D eigenvalue weighted by Crippen LogP contribution is 2.26. The van der Waals surface area contributed by atoms with Gasteiger partial charge in [0.2, 0.25) is 0 Å². The van der Waals surface area contributed by atoms with Gasteiger partial charge in [-0.2, -0.15) is 0 Å². The molecule has 8 nitrogen and oxygen atoms in total. The average Bonchev–Trinajstić information content (AvgIpc) is 2.52. The molecule has 0 atom stereocenters. The standard InChI is InChI=1S/C18H22N4O4/c1-11-5-6-12(15(7-11)26-18(2,3)4)9-20-17-14(16(19)23)8-13(10-21-17)22(24)25/h5-8,10H,9H2,1-4H3,(H2,19,23)(H,20,21). The Bertz CT molecular complexity index is 844. The molecule has 1 amide bonds. The largest absolute Gasteiger partial charge is 0.488 e. The topological polar surface area (TPSA) is 120 Å². The van der Waals surface area contributed by atoms with Gasteiger partial charge in [-0.3, -0.25) is 14.9 Å². The van der Waals surface area contributed by atoms with Crippen LogP contribution in [0.1, 0.15) is 42.3 Å². The van der Waals surface area contributed by atoms with Crippen LogP contribution in [0.5, 0.6) is 5.75 Å². The number of pyridine rings is 1. The number of nitrogens with zero attached hydrogens (tertiary/aromatic N) is 2. The van der Waals surface area contributed by atoms with E-state index in [2.05, 4.69) is 10.3 Å². The molecule has 0 saturated carbocycles. The number of hydrogen-bond donors (Lipinski definition) is 2. The highest BCUT2D eigenvalue weighted by atomic mass is 16.6. The first-order valence-corrected chi connectivity index (χ1v) is 8.03. The lowest BCUT2D eigenvalue weighted by Gasteiger charge is -2.24. The van der Waals surface area contributed by atoms with Crippen LogP contribution in [0.25, 0.3) is 0 Å². The normalized spacial score (nSPS) is 11.1. The summed E-state index contributed by atoms with van der Waals surface area (Å²) in [7, 11) is 0. The number of amides is 1. The molecule has 0 unspecified atom stereocenters. The van der Waals surface area contributed by atoms with Crippen LogP contribution in [0.2, 0.25) is 0 Å². The molecule has 1 aromatic carbocycles. The van der Waals surface area contributed by atoms with Crippen molar-refractivity contribution in [3.05, 3.63) is 57.3 Å². The van der Waals surface area contributed by atoms with Gasteiger partial charge in [0.1, 0.15) is 23.4 Å². The van der Waals surface area contributed by atoms with Crippen LogP contribution in [0.4, 0.5) is 11.5 Å². The predicted octanol–water partition coefficient (Wildman–Crippen LogP) is 3.19. The average molecular weight is 358 g/mol. The van der Waals surface area contributed by atoms with Gasteiger partial charge >= 0.3 is 0 Å². The SMILES string of the molecule is Cc1ccc(CNc2ncc([N+](=O)[O-])cc2C(N)=O)c(OC(C)(C)C)c1. The van der Waals surface area contributed by atoms with Gasteiger partial charge in [-0.05, 0) is 39.3 Å². The van der Waals surface area contributed by atoms with Crippen LogP contribution in [0, 0.1) is 17.0 Å². The van der Waals surface area contributed by atoms with E-state index >= 15 is 0 Å². The van der Waals surface area contributed by atoms with Crippen LogP contribution in [0.3, 0.4) is 0 Å². The Balaban J connectivity index is 2.29. The van der Waals surface area contributed by atoms with Crippen molar-refractivity contribution in [1.82, 2.24) is 4.98 Å². The van der Waals surface area contributed by atoms with Gasteiger partial charge in [-0.25, -0.2) is 4.98 Å². The van der Waals surface area contributed by atoms with E-state index in [0.29, 0.717) is 12.3 Å². The predicted molar refractivity (Wildman–Crippen MR) is 98.3 cm³/mol. The van der Waals surface area contributed by atoms with Crippen molar-refractivity contribution >= 4 is 17.4 Å². The lowest BCUT2D eigenvalue weighted by molar-refractivity contribution is -0.385. The second-order valence-electron chi connectivity index (χ2n) is 6.89. The second kappa shape index (κ2) is 7.38. The fraction of sp³-hybridized carbons (Fsp3) is 0.333. The number of carbonyl (C=O) groups excluding carboxylic acids is 1. The molecule has 0 aliphatic carbocycles. The maximum atomic E-state index is 11.6. The number of hydrogen-bond acceptors (Lipinski definition) is 6. The Morgan fingerprint density at radius 1 is 1.35 bits per heavy atom. The van der Waals surface area contributed by atoms with Gasteiger partial charge < -0.3 is 15.8 Å².